The molecule has 3 nitrogen and oxygen atoms in total. The summed E-state index contributed by atoms with van der Waals surface area (Å²) in [7, 11) is 0. The van der Waals surface area contributed by atoms with Crippen LogP contribution in [-0.2, 0) is 6.42 Å². The van der Waals surface area contributed by atoms with Crippen molar-refractivity contribution in [2.24, 2.45) is 0 Å². The van der Waals surface area contributed by atoms with E-state index in [1.54, 1.807) is 36.8 Å². The zero-order valence-electron chi connectivity index (χ0n) is 8.43. The number of carbonyl (C=O) groups excluding carboxylic acids is 1. The van der Waals surface area contributed by atoms with E-state index in [0.717, 1.165) is 5.56 Å². The highest BCUT2D eigenvalue weighted by atomic mass is 35.5. The van der Waals surface area contributed by atoms with Gasteiger partial charge in [0.05, 0.1) is 5.02 Å². The van der Waals surface area contributed by atoms with E-state index >= 15 is 0 Å². The Morgan fingerprint density at radius 2 is 2.00 bits per heavy atom. The van der Waals surface area contributed by atoms with Crippen LogP contribution in [0.15, 0.2) is 43.0 Å². The lowest BCUT2D eigenvalue weighted by Crippen LogP contribution is -2.04. The largest absolute Gasteiger partial charge is 0.294 e. The molecule has 0 amide bonds. The lowest BCUT2D eigenvalue weighted by atomic mass is 10.1. The molecule has 0 unspecified atom stereocenters. The van der Waals surface area contributed by atoms with E-state index in [1.165, 1.54) is 6.20 Å². The number of aromatic nitrogens is 2. The van der Waals surface area contributed by atoms with Crippen molar-refractivity contribution in [3.8, 4) is 0 Å². The predicted molar refractivity (Wildman–Crippen MR) is 61.5 cm³/mol. The van der Waals surface area contributed by atoms with Crippen LogP contribution >= 0.6 is 11.6 Å². The average molecular weight is 233 g/mol. The highest BCUT2D eigenvalue weighted by Crippen LogP contribution is 2.15. The minimum Gasteiger partial charge on any atom is -0.294 e. The molecule has 2 aromatic rings. The zero-order valence-corrected chi connectivity index (χ0v) is 9.19. The van der Waals surface area contributed by atoms with Gasteiger partial charge in [-0.05, 0) is 23.8 Å². The topological polar surface area (TPSA) is 42.9 Å². The molecule has 0 spiro atoms. The number of ketones is 1. The second-order valence-electron chi connectivity index (χ2n) is 3.31. The van der Waals surface area contributed by atoms with Crippen LogP contribution in [0.5, 0.6) is 0 Å². The minimum absolute atomic E-state index is 0.00111. The van der Waals surface area contributed by atoms with Gasteiger partial charge in [-0.15, -0.1) is 0 Å². The molecular weight excluding hydrogens is 224 g/mol. The molecule has 0 bridgehead atoms. The highest BCUT2D eigenvalue weighted by Gasteiger charge is 2.09. The first kappa shape index (κ1) is 10.8. The number of Topliss-reactive ketones (excluding diaryl/α,β-unsaturated/α-hetero) is 1. The molecule has 0 fully saturated rings. The van der Waals surface area contributed by atoms with Gasteiger partial charge in [-0.3, -0.25) is 14.8 Å². The number of halogens is 1. The highest BCUT2D eigenvalue weighted by molar-refractivity contribution is 6.31. The van der Waals surface area contributed by atoms with Crippen LogP contribution in [0, 0.1) is 0 Å². The van der Waals surface area contributed by atoms with Gasteiger partial charge in [0.2, 0.25) is 0 Å². The third kappa shape index (κ3) is 2.44. The summed E-state index contributed by atoms with van der Waals surface area (Å²) in [6.07, 6.45) is 6.62. The van der Waals surface area contributed by atoms with E-state index in [4.69, 9.17) is 11.6 Å². The maximum absolute atomic E-state index is 11.8. The van der Waals surface area contributed by atoms with Crippen LogP contribution in [0.1, 0.15) is 15.9 Å². The Morgan fingerprint density at radius 1 is 1.19 bits per heavy atom. The molecular formula is C12H9ClN2O. The molecule has 16 heavy (non-hydrogen) atoms. The van der Waals surface area contributed by atoms with Gasteiger partial charge >= 0.3 is 0 Å². The van der Waals surface area contributed by atoms with E-state index in [0.29, 0.717) is 10.6 Å². The van der Waals surface area contributed by atoms with E-state index < -0.39 is 0 Å². The lowest BCUT2D eigenvalue weighted by molar-refractivity contribution is 0.0992. The number of nitrogens with zero attached hydrogens (tertiary/aromatic N) is 2. The third-order valence-electron chi connectivity index (χ3n) is 2.19. The van der Waals surface area contributed by atoms with Crippen molar-refractivity contribution in [2.45, 2.75) is 6.42 Å². The van der Waals surface area contributed by atoms with E-state index in [-0.39, 0.29) is 12.2 Å². The van der Waals surface area contributed by atoms with Crippen molar-refractivity contribution < 1.29 is 4.79 Å². The molecule has 0 aliphatic carbocycles. The number of rotatable bonds is 3. The summed E-state index contributed by atoms with van der Waals surface area (Å²) in [5, 5.41) is 0.514. The maximum atomic E-state index is 11.8. The van der Waals surface area contributed by atoms with Crippen LogP contribution in [0.4, 0.5) is 0 Å². The van der Waals surface area contributed by atoms with Crippen molar-refractivity contribution in [2.75, 3.05) is 0 Å². The number of carbonyl (C=O) groups is 1. The Balaban J connectivity index is 2.18. The molecule has 0 aromatic carbocycles. The average Bonchev–Trinajstić information content (AvgIpc) is 2.33. The summed E-state index contributed by atoms with van der Waals surface area (Å²) in [5.74, 6) is 0.00111. The molecule has 0 aliphatic rings. The molecule has 2 rings (SSSR count). The second-order valence-corrected chi connectivity index (χ2v) is 3.72. The van der Waals surface area contributed by atoms with E-state index in [1.807, 2.05) is 0 Å². The fourth-order valence-corrected chi connectivity index (χ4v) is 1.54. The van der Waals surface area contributed by atoms with E-state index in [9.17, 15) is 4.79 Å². The molecule has 2 heterocycles. The SMILES string of the molecule is O=C(Cc1ccncc1Cl)c1cccnc1. The monoisotopic (exact) mass is 232 g/mol. The Bertz CT molecular complexity index is 499. The fourth-order valence-electron chi connectivity index (χ4n) is 1.35. The van der Waals surface area contributed by atoms with Crippen LogP contribution in [0.3, 0.4) is 0 Å². The standard InChI is InChI=1S/C12H9ClN2O/c13-11-8-15-5-3-9(11)6-12(16)10-2-1-4-14-7-10/h1-5,7-8H,6H2. The van der Waals surface area contributed by atoms with Gasteiger partial charge in [0, 0.05) is 36.8 Å². The van der Waals surface area contributed by atoms with Gasteiger partial charge in [0.15, 0.2) is 5.78 Å². The predicted octanol–water partition coefficient (Wildman–Crippen LogP) is 2.56. The summed E-state index contributed by atoms with van der Waals surface area (Å²) in [6, 6.07) is 5.22. The van der Waals surface area contributed by atoms with Crippen LogP contribution < -0.4 is 0 Å². The molecule has 0 aliphatic heterocycles. The first-order chi connectivity index (χ1) is 7.77. The van der Waals surface area contributed by atoms with Gasteiger partial charge in [0.1, 0.15) is 0 Å². The zero-order chi connectivity index (χ0) is 11.4. The molecule has 4 heteroatoms. The summed E-state index contributed by atoms with van der Waals surface area (Å²) in [4.78, 5) is 19.6. The molecule has 0 saturated heterocycles. The minimum atomic E-state index is 0.00111. The second kappa shape index (κ2) is 4.86. The van der Waals surface area contributed by atoms with Crippen molar-refractivity contribution in [1.29, 1.82) is 0 Å². The van der Waals surface area contributed by atoms with Crippen LogP contribution in [0.2, 0.25) is 5.02 Å². The van der Waals surface area contributed by atoms with Crippen molar-refractivity contribution >= 4 is 17.4 Å². The number of hydrogen-bond donors (Lipinski definition) is 0. The maximum Gasteiger partial charge on any atom is 0.168 e. The number of pyridine rings is 2. The summed E-state index contributed by atoms with van der Waals surface area (Å²) < 4.78 is 0. The lowest BCUT2D eigenvalue weighted by Gasteiger charge is -2.02. The van der Waals surface area contributed by atoms with Crippen molar-refractivity contribution in [3.05, 3.63) is 59.1 Å². The van der Waals surface area contributed by atoms with Gasteiger partial charge in [-0.2, -0.15) is 0 Å². The quantitative estimate of drug-likeness (QED) is 0.764. The Kier molecular flexibility index (Phi) is 3.27. The summed E-state index contributed by atoms with van der Waals surface area (Å²) >= 11 is 5.93. The fraction of sp³-hybridized carbons (Fsp3) is 0.0833. The molecule has 0 N–H and O–H groups in total. The Hall–Kier alpha value is -1.74. The molecule has 0 saturated carbocycles. The molecule has 2 aromatic heterocycles. The third-order valence-corrected chi connectivity index (χ3v) is 2.53. The van der Waals surface area contributed by atoms with E-state index in [2.05, 4.69) is 9.97 Å². The van der Waals surface area contributed by atoms with Gasteiger partial charge in [-0.1, -0.05) is 11.6 Å². The Labute approximate surface area is 98.1 Å². The van der Waals surface area contributed by atoms with Gasteiger partial charge in [0.25, 0.3) is 0 Å². The normalized spacial score (nSPS) is 10.1. The van der Waals surface area contributed by atoms with Crippen molar-refractivity contribution in [3.63, 3.8) is 0 Å². The van der Waals surface area contributed by atoms with Crippen LogP contribution in [-0.4, -0.2) is 15.8 Å². The number of hydrogen-bond acceptors (Lipinski definition) is 3. The molecule has 80 valence electrons. The first-order valence-corrected chi connectivity index (χ1v) is 5.17. The molecule has 0 atom stereocenters. The first-order valence-electron chi connectivity index (χ1n) is 4.79. The van der Waals surface area contributed by atoms with Crippen molar-refractivity contribution in [1.82, 2.24) is 9.97 Å². The van der Waals surface area contributed by atoms with Gasteiger partial charge < -0.3 is 0 Å². The van der Waals surface area contributed by atoms with Gasteiger partial charge in [-0.25, -0.2) is 0 Å². The molecule has 0 radical (unpaired) electrons. The van der Waals surface area contributed by atoms with Crippen LogP contribution in [0.25, 0.3) is 0 Å². The summed E-state index contributed by atoms with van der Waals surface area (Å²) in [6.45, 7) is 0. The smallest absolute Gasteiger partial charge is 0.168 e. The summed E-state index contributed by atoms with van der Waals surface area (Å²) in [5.41, 5.74) is 1.38. The Morgan fingerprint density at radius 3 is 2.69 bits per heavy atom.